The van der Waals surface area contributed by atoms with Gasteiger partial charge in [-0.1, -0.05) is 19.3 Å². The number of nitrogens with one attached hydrogen (secondary N) is 2. The largest absolute Gasteiger partial charge is 0.417 e. The Morgan fingerprint density at radius 1 is 1.13 bits per heavy atom. The monoisotopic (exact) mass is 567 g/mol. The summed E-state index contributed by atoms with van der Waals surface area (Å²) in [4.78, 5) is 22.3. The number of rotatable bonds is 5. The fraction of sp³-hybridized carbons (Fsp3) is 0.692. The molecule has 4 heterocycles. The third kappa shape index (κ3) is 6.04. The van der Waals surface area contributed by atoms with Crippen molar-refractivity contribution in [2.24, 2.45) is 0 Å². The number of piperidine rings is 1. The number of halogens is 3. The SMILES string of the molecule is CC(C)n1cc(SN2CCC(Nc3ncc4c(n3)NC(=O)C43CC3)CC2)cn1.OC1(C(F)(F)F)CCCCC1. The van der Waals surface area contributed by atoms with Crippen LogP contribution in [-0.2, 0) is 10.2 Å². The number of amides is 1. The van der Waals surface area contributed by atoms with Crippen LogP contribution in [0.1, 0.15) is 83.2 Å². The van der Waals surface area contributed by atoms with Gasteiger partial charge in [0.05, 0.1) is 16.5 Å². The van der Waals surface area contributed by atoms with Gasteiger partial charge in [-0.25, -0.2) is 9.29 Å². The highest BCUT2D eigenvalue weighted by Gasteiger charge is 2.57. The van der Waals surface area contributed by atoms with Crippen LogP contribution in [-0.4, -0.2) is 66.0 Å². The summed E-state index contributed by atoms with van der Waals surface area (Å²) in [6.07, 6.45) is 6.83. The van der Waals surface area contributed by atoms with E-state index < -0.39 is 11.8 Å². The van der Waals surface area contributed by atoms with Gasteiger partial charge in [-0.15, -0.1) is 0 Å². The Balaban J connectivity index is 0.000000237. The summed E-state index contributed by atoms with van der Waals surface area (Å²) < 4.78 is 40.6. The molecule has 1 amide bonds. The van der Waals surface area contributed by atoms with Crippen molar-refractivity contribution in [1.82, 2.24) is 24.1 Å². The first-order valence-electron chi connectivity index (χ1n) is 13.7. The van der Waals surface area contributed by atoms with Crippen LogP contribution in [0.3, 0.4) is 0 Å². The molecule has 2 aromatic heterocycles. The lowest BCUT2D eigenvalue weighted by Gasteiger charge is -2.33. The number of hydrogen-bond acceptors (Lipinski definition) is 8. The van der Waals surface area contributed by atoms with Gasteiger partial charge in [0, 0.05) is 43.1 Å². The number of nitrogens with zero attached hydrogens (tertiary/aromatic N) is 5. The van der Waals surface area contributed by atoms with Gasteiger partial charge in [-0.05, 0) is 64.3 Å². The molecule has 2 aromatic rings. The number of anilines is 2. The van der Waals surface area contributed by atoms with Crippen LogP contribution < -0.4 is 10.6 Å². The summed E-state index contributed by atoms with van der Waals surface area (Å²) in [7, 11) is 0. The number of fused-ring (bicyclic) bond motifs is 2. The van der Waals surface area contributed by atoms with E-state index in [1.54, 1.807) is 11.9 Å². The highest BCUT2D eigenvalue weighted by molar-refractivity contribution is 7.97. The predicted octanol–water partition coefficient (Wildman–Crippen LogP) is 5.07. The van der Waals surface area contributed by atoms with Crippen molar-refractivity contribution < 1.29 is 23.1 Å². The summed E-state index contributed by atoms with van der Waals surface area (Å²) in [6.45, 7) is 6.27. The van der Waals surface area contributed by atoms with E-state index in [2.05, 4.69) is 50.0 Å². The Hall–Kier alpha value is -2.38. The van der Waals surface area contributed by atoms with E-state index in [1.165, 1.54) is 4.90 Å². The Morgan fingerprint density at radius 2 is 1.82 bits per heavy atom. The van der Waals surface area contributed by atoms with Crippen molar-refractivity contribution in [2.75, 3.05) is 23.7 Å². The second kappa shape index (κ2) is 10.9. The fourth-order valence-electron chi connectivity index (χ4n) is 5.36. The molecular formula is C26H36F3N7O2S. The molecule has 0 bridgehead atoms. The van der Waals surface area contributed by atoms with E-state index in [9.17, 15) is 18.0 Å². The lowest BCUT2D eigenvalue weighted by molar-refractivity contribution is -0.269. The predicted molar refractivity (Wildman–Crippen MR) is 142 cm³/mol. The van der Waals surface area contributed by atoms with Crippen LogP contribution in [0.4, 0.5) is 24.9 Å². The second-order valence-electron chi connectivity index (χ2n) is 11.3. The van der Waals surface area contributed by atoms with Gasteiger partial charge in [-0.2, -0.15) is 23.3 Å². The number of alkyl halides is 3. The lowest BCUT2D eigenvalue weighted by atomic mass is 9.84. The molecule has 6 rings (SSSR count). The van der Waals surface area contributed by atoms with E-state index in [0.717, 1.165) is 50.8 Å². The Morgan fingerprint density at radius 3 is 2.38 bits per heavy atom. The molecule has 4 aliphatic rings. The van der Waals surface area contributed by atoms with Crippen LogP contribution in [0.5, 0.6) is 0 Å². The van der Waals surface area contributed by atoms with Crippen LogP contribution in [0.15, 0.2) is 23.5 Å². The second-order valence-corrected chi connectivity index (χ2v) is 12.4. The van der Waals surface area contributed by atoms with Crippen molar-refractivity contribution in [3.63, 3.8) is 0 Å². The number of carbonyl (C=O) groups excluding carboxylic acids is 1. The molecule has 3 N–H and O–H groups in total. The van der Waals surface area contributed by atoms with Crippen molar-refractivity contribution in [3.05, 3.63) is 24.2 Å². The number of hydrogen-bond donors (Lipinski definition) is 3. The molecular weight excluding hydrogens is 531 g/mol. The molecule has 0 atom stereocenters. The van der Waals surface area contributed by atoms with Gasteiger partial charge >= 0.3 is 6.18 Å². The molecule has 0 aromatic carbocycles. The maximum Gasteiger partial charge on any atom is 0.417 e. The standard InChI is InChI=1S/C19H25N7OS.C7H11F3O/c1-12(2)26-11-14(9-21-26)28-25-7-3-13(4-8-25)22-18-20-10-15-16(24-18)23-17(27)19(15)5-6-19;8-7(9,10)6(11)4-2-1-3-5-6/h9-13H,3-8H2,1-2H3,(H2,20,22,23,24,27);11H,1-5H2. The molecule has 39 heavy (non-hydrogen) atoms. The minimum Gasteiger partial charge on any atom is -0.380 e. The zero-order chi connectivity index (χ0) is 27.8. The minimum absolute atomic E-state index is 0.0834. The van der Waals surface area contributed by atoms with E-state index in [-0.39, 0.29) is 24.2 Å². The molecule has 2 saturated carbocycles. The quantitative estimate of drug-likeness (QED) is 0.430. The van der Waals surface area contributed by atoms with Crippen LogP contribution in [0, 0.1) is 0 Å². The lowest BCUT2D eigenvalue weighted by Crippen LogP contribution is -2.46. The van der Waals surface area contributed by atoms with Gasteiger partial charge in [0.1, 0.15) is 5.82 Å². The van der Waals surface area contributed by atoms with Crippen LogP contribution in [0.2, 0.25) is 0 Å². The van der Waals surface area contributed by atoms with E-state index >= 15 is 0 Å². The first-order chi connectivity index (χ1) is 18.5. The van der Waals surface area contributed by atoms with Gasteiger partial charge < -0.3 is 15.7 Å². The maximum atomic E-state index is 12.1. The van der Waals surface area contributed by atoms with Gasteiger partial charge in [0.2, 0.25) is 11.9 Å². The molecule has 2 aliphatic carbocycles. The Kier molecular flexibility index (Phi) is 7.86. The zero-order valence-electron chi connectivity index (χ0n) is 22.3. The van der Waals surface area contributed by atoms with Crippen molar-refractivity contribution >= 4 is 29.6 Å². The zero-order valence-corrected chi connectivity index (χ0v) is 23.1. The number of carbonyl (C=O) groups is 1. The molecule has 1 saturated heterocycles. The summed E-state index contributed by atoms with van der Waals surface area (Å²) in [5, 5.41) is 19.9. The number of aliphatic hydroxyl groups is 1. The molecule has 0 radical (unpaired) electrons. The first-order valence-corrected chi connectivity index (χ1v) is 14.5. The summed E-state index contributed by atoms with van der Waals surface area (Å²) in [5.41, 5.74) is -1.73. The van der Waals surface area contributed by atoms with E-state index in [1.807, 2.05) is 17.1 Å². The third-order valence-corrected chi connectivity index (χ3v) is 9.10. The summed E-state index contributed by atoms with van der Waals surface area (Å²) >= 11 is 1.78. The maximum absolute atomic E-state index is 12.1. The number of aromatic nitrogens is 4. The fourth-order valence-corrected chi connectivity index (χ4v) is 6.30. The molecule has 214 valence electrons. The first kappa shape index (κ1) is 28.2. The van der Waals surface area contributed by atoms with Crippen LogP contribution in [0.25, 0.3) is 0 Å². The molecule has 9 nitrogen and oxygen atoms in total. The normalized spacial score (nSPS) is 22.3. The van der Waals surface area contributed by atoms with Crippen LogP contribution >= 0.6 is 11.9 Å². The van der Waals surface area contributed by atoms with Crippen molar-refractivity contribution in [2.45, 2.75) is 106 Å². The third-order valence-electron chi connectivity index (χ3n) is 8.06. The summed E-state index contributed by atoms with van der Waals surface area (Å²) in [5.74, 6) is 1.39. The Bertz CT molecular complexity index is 1170. The van der Waals surface area contributed by atoms with Crippen molar-refractivity contribution in [1.29, 1.82) is 0 Å². The smallest absolute Gasteiger partial charge is 0.380 e. The Labute approximate surface area is 230 Å². The van der Waals surface area contributed by atoms with E-state index in [4.69, 9.17) is 5.11 Å². The highest BCUT2D eigenvalue weighted by Crippen LogP contribution is 2.54. The van der Waals surface area contributed by atoms with Gasteiger partial charge in [-0.3, -0.25) is 9.48 Å². The molecule has 13 heteroatoms. The molecule has 3 fully saturated rings. The molecule has 2 aliphatic heterocycles. The topological polar surface area (TPSA) is 108 Å². The molecule has 1 spiro atoms. The average molecular weight is 568 g/mol. The minimum atomic E-state index is -4.44. The highest BCUT2D eigenvalue weighted by atomic mass is 32.2. The van der Waals surface area contributed by atoms with E-state index in [0.29, 0.717) is 36.7 Å². The van der Waals surface area contributed by atoms with Gasteiger partial charge in [0.25, 0.3) is 0 Å². The average Bonchev–Trinajstić information content (AvgIpc) is 3.48. The van der Waals surface area contributed by atoms with Crippen molar-refractivity contribution in [3.8, 4) is 0 Å². The molecule has 0 unspecified atom stereocenters. The van der Waals surface area contributed by atoms with Gasteiger partial charge in [0.15, 0.2) is 5.60 Å². The summed E-state index contributed by atoms with van der Waals surface area (Å²) in [6, 6.07) is 0.733.